The van der Waals surface area contributed by atoms with Gasteiger partial charge in [0, 0.05) is 25.0 Å². The number of hydrogen-bond acceptors (Lipinski definition) is 4. The van der Waals surface area contributed by atoms with Gasteiger partial charge in [-0.15, -0.1) is 0 Å². The van der Waals surface area contributed by atoms with Crippen molar-refractivity contribution in [3.63, 3.8) is 0 Å². The van der Waals surface area contributed by atoms with E-state index in [1.807, 2.05) is 36.9 Å². The lowest BCUT2D eigenvalue weighted by molar-refractivity contribution is -0.123. The molecule has 2 unspecified atom stereocenters. The first-order valence-corrected chi connectivity index (χ1v) is 10.7. The number of aryl methyl sites for hydroxylation is 2. The Hall–Kier alpha value is -2.47. The Balaban J connectivity index is 1.42. The molecule has 2 atom stereocenters. The third-order valence-corrected chi connectivity index (χ3v) is 6.14. The maximum absolute atomic E-state index is 13.2. The molecule has 29 heavy (non-hydrogen) atoms. The first-order valence-electron chi connectivity index (χ1n) is 10.7. The number of likely N-dealkylation sites (tertiary alicyclic amines) is 1. The van der Waals surface area contributed by atoms with E-state index in [1.54, 1.807) is 0 Å². The Labute approximate surface area is 172 Å². The van der Waals surface area contributed by atoms with Gasteiger partial charge >= 0.3 is 0 Å². The third kappa shape index (κ3) is 4.42. The van der Waals surface area contributed by atoms with Crippen LogP contribution in [0.25, 0.3) is 10.9 Å². The summed E-state index contributed by atoms with van der Waals surface area (Å²) in [6.07, 6.45) is 3.97. The van der Waals surface area contributed by atoms with Gasteiger partial charge in [-0.3, -0.25) is 14.6 Å². The molecule has 2 N–H and O–H groups in total. The van der Waals surface area contributed by atoms with Crippen LogP contribution in [-0.2, 0) is 4.79 Å². The van der Waals surface area contributed by atoms with Crippen LogP contribution in [0.3, 0.4) is 0 Å². The molecule has 2 amide bonds. The monoisotopic (exact) mass is 394 g/mol. The van der Waals surface area contributed by atoms with Crippen molar-refractivity contribution >= 4 is 22.7 Å². The number of pyridine rings is 1. The molecule has 1 aromatic heterocycles. The Morgan fingerprint density at radius 2 is 2.07 bits per heavy atom. The van der Waals surface area contributed by atoms with Crippen LogP contribution in [0.4, 0.5) is 0 Å². The number of aromatic nitrogens is 1. The quantitative estimate of drug-likeness (QED) is 0.836. The highest BCUT2D eigenvalue weighted by molar-refractivity contribution is 5.98. The molecule has 0 aliphatic carbocycles. The first kappa shape index (κ1) is 19.8. The van der Waals surface area contributed by atoms with Gasteiger partial charge in [-0.05, 0) is 70.2 Å². The molecule has 0 spiro atoms. The van der Waals surface area contributed by atoms with Crippen LogP contribution in [0, 0.1) is 19.8 Å². The number of rotatable bonds is 4. The number of benzene rings is 1. The molecule has 3 heterocycles. The van der Waals surface area contributed by atoms with Crippen molar-refractivity contribution in [3.05, 3.63) is 41.1 Å². The van der Waals surface area contributed by atoms with Crippen LogP contribution in [0.15, 0.2) is 24.3 Å². The van der Waals surface area contributed by atoms with E-state index in [2.05, 4.69) is 21.7 Å². The summed E-state index contributed by atoms with van der Waals surface area (Å²) in [4.78, 5) is 32.1. The van der Waals surface area contributed by atoms with E-state index in [1.165, 1.54) is 0 Å². The van der Waals surface area contributed by atoms with Crippen molar-refractivity contribution < 1.29 is 9.59 Å². The maximum Gasteiger partial charge on any atom is 0.255 e. The van der Waals surface area contributed by atoms with Crippen molar-refractivity contribution in [3.8, 4) is 0 Å². The largest absolute Gasteiger partial charge is 0.354 e. The molecule has 2 aliphatic heterocycles. The maximum atomic E-state index is 13.2. The van der Waals surface area contributed by atoms with Crippen LogP contribution in [0.1, 0.15) is 47.3 Å². The normalized spacial score (nSPS) is 22.1. The van der Waals surface area contributed by atoms with Gasteiger partial charge in [-0.1, -0.05) is 11.6 Å². The molecule has 2 aliphatic rings. The molecular formula is C23H30N4O2. The molecule has 154 valence electrons. The molecule has 2 aromatic rings. The van der Waals surface area contributed by atoms with E-state index in [-0.39, 0.29) is 17.9 Å². The number of amides is 2. The smallest absolute Gasteiger partial charge is 0.255 e. The molecule has 4 rings (SSSR count). The molecule has 0 bridgehead atoms. The number of nitrogens with zero attached hydrogens (tertiary/aromatic N) is 2. The Kier molecular flexibility index (Phi) is 5.81. The van der Waals surface area contributed by atoms with Crippen LogP contribution in [0.5, 0.6) is 0 Å². The highest BCUT2D eigenvalue weighted by Crippen LogP contribution is 2.22. The number of fused-ring (bicyclic) bond motifs is 1. The van der Waals surface area contributed by atoms with Crippen LogP contribution < -0.4 is 10.6 Å². The molecule has 2 saturated heterocycles. The molecule has 6 nitrogen and oxygen atoms in total. The minimum absolute atomic E-state index is 0.0480. The van der Waals surface area contributed by atoms with E-state index in [4.69, 9.17) is 0 Å². The van der Waals surface area contributed by atoms with Gasteiger partial charge in [0.05, 0.1) is 22.8 Å². The van der Waals surface area contributed by atoms with Gasteiger partial charge < -0.3 is 15.5 Å². The average Bonchev–Trinajstić information content (AvgIpc) is 3.26. The van der Waals surface area contributed by atoms with E-state index in [9.17, 15) is 9.59 Å². The molecule has 0 radical (unpaired) electrons. The van der Waals surface area contributed by atoms with Crippen LogP contribution in [-0.4, -0.2) is 53.9 Å². The summed E-state index contributed by atoms with van der Waals surface area (Å²) in [6.45, 7) is 6.95. The van der Waals surface area contributed by atoms with Crippen molar-refractivity contribution in [1.29, 1.82) is 0 Å². The topological polar surface area (TPSA) is 74.3 Å². The second-order valence-electron chi connectivity index (χ2n) is 8.47. The van der Waals surface area contributed by atoms with Crippen molar-refractivity contribution in [2.75, 3.05) is 26.2 Å². The predicted molar refractivity (Wildman–Crippen MR) is 114 cm³/mol. The lowest BCUT2D eigenvalue weighted by Gasteiger charge is -2.33. The SMILES string of the molecule is Cc1ccc2nc(C)c(C(=O)N3CCCC(CNC(=O)C4CCCN4)C3)cc2c1. The Morgan fingerprint density at radius 3 is 2.86 bits per heavy atom. The molecule has 2 fully saturated rings. The first-order chi connectivity index (χ1) is 14.0. The van der Waals surface area contributed by atoms with Crippen molar-refractivity contribution in [2.24, 2.45) is 5.92 Å². The number of carbonyl (C=O) groups excluding carboxylic acids is 2. The van der Waals surface area contributed by atoms with Crippen LogP contribution >= 0.6 is 0 Å². The minimum atomic E-state index is -0.0499. The summed E-state index contributed by atoms with van der Waals surface area (Å²) in [5.74, 6) is 0.441. The summed E-state index contributed by atoms with van der Waals surface area (Å²) >= 11 is 0. The third-order valence-electron chi connectivity index (χ3n) is 6.14. The summed E-state index contributed by atoms with van der Waals surface area (Å²) < 4.78 is 0. The van der Waals surface area contributed by atoms with Gasteiger partial charge in [0.2, 0.25) is 5.91 Å². The zero-order valence-corrected chi connectivity index (χ0v) is 17.3. The fraction of sp³-hybridized carbons (Fsp3) is 0.522. The summed E-state index contributed by atoms with van der Waals surface area (Å²) in [7, 11) is 0. The molecule has 1 aromatic carbocycles. The fourth-order valence-corrected chi connectivity index (χ4v) is 4.47. The molecule has 0 saturated carbocycles. The summed E-state index contributed by atoms with van der Waals surface area (Å²) in [6, 6.07) is 8.05. The standard InChI is InChI=1S/C23H30N4O2/c1-15-7-8-20-18(11-15)12-19(16(2)26-20)23(29)27-10-4-5-17(14-27)13-25-22(28)21-6-3-9-24-21/h7-8,11-12,17,21,24H,3-6,9-10,13-14H2,1-2H3,(H,25,28). The van der Waals surface area contributed by atoms with Gasteiger partial charge in [0.15, 0.2) is 0 Å². The van der Waals surface area contributed by atoms with Crippen molar-refractivity contribution in [2.45, 2.75) is 45.6 Å². The lowest BCUT2D eigenvalue weighted by atomic mass is 9.96. The number of carbonyl (C=O) groups is 2. The van der Waals surface area contributed by atoms with E-state index < -0.39 is 0 Å². The number of nitrogens with one attached hydrogen (secondary N) is 2. The van der Waals surface area contributed by atoms with E-state index in [0.29, 0.717) is 24.6 Å². The summed E-state index contributed by atoms with van der Waals surface area (Å²) in [5, 5.41) is 7.32. The highest BCUT2D eigenvalue weighted by Gasteiger charge is 2.27. The second kappa shape index (κ2) is 8.49. The van der Waals surface area contributed by atoms with Crippen LogP contribution in [0.2, 0.25) is 0 Å². The van der Waals surface area contributed by atoms with E-state index in [0.717, 1.165) is 60.9 Å². The van der Waals surface area contributed by atoms with Gasteiger partial charge in [-0.25, -0.2) is 0 Å². The Morgan fingerprint density at radius 1 is 1.21 bits per heavy atom. The number of hydrogen-bond donors (Lipinski definition) is 2. The minimum Gasteiger partial charge on any atom is -0.354 e. The zero-order valence-electron chi connectivity index (χ0n) is 17.3. The van der Waals surface area contributed by atoms with E-state index >= 15 is 0 Å². The lowest BCUT2D eigenvalue weighted by Crippen LogP contribution is -2.46. The van der Waals surface area contributed by atoms with Gasteiger partial charge in [-0.2, -0.15) is 0 Å². The average molecular weight is 395 g/mol. The molecular weight excluding hydrogens is 364 g/mol. The second-order valence-corrected chi connectivity index (χ2v) is 8.47. The van der Waals surface area contributed by atoms with Gasteiger partial charge in [0.25, 0.3) is 5.91 Å². The fourth-order valence-electron chi connectivity index (χ4n) is 4.47. The Bertz CT molecular complexity index is 920. The molecule has 6 heteroatoms. The summed E-state index contributed by atoms with van der Waals surface area (Å²) in [5.41, 5.74) is 3.54. The number of piperidine rings is 1. The van der Waals surface area contributed by atoms with Gasteiger partial charge in [0.1, 0.15) is 0 Å². The van der Waals surface area contributed by atoms with Crippen molar-refractivity contribution in [1.82, 2.24) is 20.5 Å². The predicted octanol–water partition coefficient (Wildman–Crippen LogP) is 2.57. The zero-order chi connectivity index (χ0) is 20.4. The highest BCUT2D eigenvalue weighted by atomic mass is 16.2.